The predicted octanol–water partition coefficient (Wildman–Crippen LogP) is 1.24. The molecule has 0 radical (unpaired) electrons. The summed E-state index contributed by atoms with van der Waals surface area (Å²) in [6, 6.07) is 0. The Bertz CT molecular complexity index is 200. The van der Waals surface area contributed by atoms with Gasteiger partial charge < -0.3 is 4.74 Å². The molecule has 0 spiro atoms. The molecular formula is C8H15NO4. The molecule has 0 heterocycles. The van der Waals surface area contributed by atoms with Gasteiger partial charge in [0.15, 0.2) is 6.61 Å². The Morgan fingerprint density at radius 1 is 1.54 bits per heavy atom. The largest absolute Gasteiger partial charge is 0.458 e. The van der Waals surface area contributed by atoms with Crippen molar-refractivity contribution in [3.8, 4) is 0 Å². The average molecular weight is 189 g/mol. The van der Waals surface area contributed by atoms with Crippen molar-refractivity contribution < 1.29 is 14.5 Å². The maximum absolute atomic E-state index is 11.2. The second-order valence-corrected chi connectivity index (χ2v) is 3.43. The Labute approximate surface area is 77.2 Å². The van der Waals surface area contributed by atoms with Crippen LogP contribution in [0.25, 0.3) is 0 Å². The number of hydrogen-bond donors (Lipinski definition) is 0. The van der Waals surface area contributed by atoms with Crippen LogP contribution in [-0.4, -0.2) is 24.0 Å². The fourth-order valence-electron chi connectivity index (χ4n) is 0.553. The van der Waals surface area contributed by atoms with Gasteiger partial charge in [0.25, 0.3) is 0 Å². The van der Waals surface area contributed by atoms with Crippen LogP contribution < -0.4 is 0 Å². The summed E-state index contributed by atoms with van der Waals surface area (Å²) in [7, 11) is 0. The van der Waals surface area contributed by atoms with Crippen molar-refractivity contribution in [2.75, 3.05) is 13.2 Å². The van der Waals surface area contributed by atoms with E-state index in [4.69, 9.17) is 4.74 Å². The topological polar surface area (TPSA) is 69.4 Å². The second-order valence-electron chi connectivity index (χ2n) is 3.43. The zero-order valence-corrected chi connectivity index (χ0v) is 8.20. The lowest BCUT2D eigenvalue weighted by Crippen LogP contribution is -2.27. The van der Waals surface area contributed by atoms with Gasteiger partial charge in [-0.15, -0.1) is 0 Å². The zero-order chi connectivity index (χ0) is 10.5. The van der Waals surface area contributed by atoms with Gasteiger partial charge in [0, 0.05) is 4.92 Å². The van der Waals surface area contributed by atoms with Gasteiger partial charge in [-0.1, -0.05) is 6.92 Å². The summed E-state index contributed by atoms with van der Waals surface area (Å²) in [5.41, 5.74) is -0.545. The van der Waals surface area contributed by atoms with Gasteiger partial charge in [-0.2, -0.15) is 0 Å². The third-order valence-corrected chi connectivity index (χ3v) is 1.94. The van der Waals surface area contributed by atoms with Gasteiger partial charge in [0.2, 0.25) is 6.54 Å². The molecule has 0 unspecified atom stereocenters. The molecule has 0 bridgehead atoms. The van der Waals surface area contributed by atoms with Gasteiger partial charge in [-0.25, -0.2) is 0 Å². The van der Waals surface area contributed by atoms with Crippen LogP contribution in [0.15, 0.2) is 0 Å². The lowest BCUT2D eigenvalue weighted by Gasteiger charge is -2.19. The highest BCUT2D eigenvalue weighted by Gasteiger charge is 2.27. The van der Waals surface area contributed by atoms with Crippen molar-refractivity contribution in [3.05, 3.63) is 10.1 Å². The van der Waals surface area contributed by atoms with Crippen LogP contribution in [0.3, 0.4) is 0 Å². The molecule has 5 nitrogen and oxygen atoms in total. The summed E-state index contributed by atoms with van der Waals surface area (Å²) in [5, 5.41) is 9.91. The molecule has 0 atom stereocenters. The molecule has 0 aromatic rings. The lowest BCUT2D eigenvalue weighted by molar-refractivity contribution is -0.482. The third kappa shape index (κ3) is 4.45. The lowest BCUT2D eigenvalue weighted by atomic mass is 9.91. The van der Waals surface area contributed by atoms with Crippen LogP contribution in [0.2, 0.25) is 0 Å². The molecule has 0 saturated heterocycles. The molecule has 13 heavy (non-hydrogen) atoms. The molecule has 76 valence electrons. The molecular weight excluding hydrogens is 174 g/mol. The Hall–Kier alpha value is -1.13. The van der Waals surface area contributed by atoms with E-state index in [0.29, 0.717) is 6.42 Å². The molecule has 0 aromatic carbocycles. The summed E-state index contributed by atoms with van der Waals surface area (Å²) < 4.78 is 4.73. The predicted molar refractivity (Wildman–Crippen MR) is 46.9 cm³/mol. The number of nitro groups is 1. The Morgan fingerprint density at radius 2 is 2.08 bits per heavy atom. The zero-order valence-electron chi connectivity index (χ0n) is 8.20. The molecule has 0 aliphatic heterocycles. The molecule has 0 amide bonds. The van der Waals surface area contributed by atoms with E-state index in [9.17, 15) is 14.9 Å². The molecule has 0 saturated carbocycles. The summed E-state index contributed by atoms with van der Waals surface area (Å²) in [6.45, 7) is 4.90. The number of rotatable bonds is 5. The number of hydrogen-bond acceptors (Lipinski definition) is 4. The maximum Gasteiger partial charge on any atom is 0.311 e. The van der Waals surface area contributed by atoms with Crippen LogP contribution in [0.1, 0.15) is 27.2 Å². The highest BCUT2D eigenvalue weighted by Crippen LogP contribution is 2.21. The molecule has 0 aromatic heterocycles. The summed E-state index contributed by atoms with van der Waals surface area (Å²) in [4.78, 5) is 20.6. The van der Waals surface area contributed by atoms with Crippen molar-refractivity contribution in [3.63, 3.8) is 0 Å². The first-order valence-corrected chi connectivity index (χ1v) is 4.19. The minimum absolute atomic E-state index is 0.144. The number of carbonyl (C=O) groups is 1. The number of esters is 1. The fourth-order valence-corrected chi connectivity index (χ4v) is 0.553. The van der Waals surface area contributed by atoms with Gasteiger partial charge >= 0.3 is 5.97 Å². The fraction of sp³-hybridized carbons (Fsp3) is 0.875. The van der Waals surface area contributed by atoms with Crippen molar-refractivity contribution in [1.82, 2.24) is 0 Å². The summed E-state index contributed by atoms with van der Waals surface area (Å²) in [5.74, 6) is -0.378. The van der Waals surface area contributed by atoms with E-state index < -0.39 is 10.3 Å². The smallest absolute Gasteiger partial charge is 0.311 e. The van der Waals surface area contributed by atoms with E-state index in [2.05, 4.69) is 0 Å². The molecule has 0 aliphatic carbocycles. The summed E-state index contributed by atoms with van der Waals surface area (Å²) in [6.07, 6.45) is 0.657. The van der Waals surface area contributed by atoms with Crippen LogP contribution in [-0.2, 0) is 9.53 Å². The van der Waals surface area contributed by atoms with Crippen molar-refractivity contribution >= 4 is 5.97 Å². The standard InChI is InChI=1S/C8H15NO4/c1-4-8(2,3)7(10)13-6-5-9(11)12/h4-6H2,1-3H3. The number of ether oxygens (including phenoxy) is 1. The van der Waals surface area contributed by atoms with Gasteiger partial charge in [0.1, 0.15) is 0 Å². The Kier molecular flexibility index (Phi) is 4.37. The molecule has 0 aliphatic rings. The van der Waals surface area contributed by atoms with E-state index in [-0.39, 0.29) is 19.1 Å². The normalized spacial score (nSPS) is 11.0. The van der Waals surface area contributed by atoms with E-state index >= 15 is 0 Å². The first-order valence-electron chi connectivity index (χ1n) is 4.19. The molecule has 0 fully saturated rings. The third-order valence-electron chi connectivity index (χ3n) is 1.94. The number of nitrogens with zero attached hydrogens (tertiary/aromatic N) is 1. The molecule has 0 N–H and O–H groups in total. The van der Waals surface area contributed by atoms with Crippen molar-refractivity contribution in [1.29, 1.82) is 0 Å². The first kappa shape index (κ1) is 11.9. The minimum atomic E-state index is -0.545. The van der Waals surface area contributed by atoms with Crippen LogP contribution in [0, 0.1) is 15.5 Å². The summed E-state index contributed by atoms with van der Waals surface area (Å²) >= 11 is 0. The number of carbonyl (C=O) groups excluding carboxylic acids is 1. The van der Waals surface area contributed by atoms with E-state index in [1.165, 1.54) is 0 Å². The minimum Gasteiger partial charge on any atom is -0.458 e. The highest BCUT2D eigenvalue weighted by atomic mass is 16.6. The van der Waals surface area contributed by atoms with Crippen LogP contribution in [0.4, 0.5) is 0 Å². The Balaban J connectivity index is 3.81. The average Bonchev–Trinajstić information content (AvgIpc) is 2.03. The van der Waals surface area contributed by atoms with Gasteiger partial charge in [-0.05, 0) is 20.3 Å². The quantitative estimate of drug-likeness (QED) is 0.370. The highest BCUT2D eigenvalue weighted by molar-refractivity contribution is 5.75. The molecule has 0 rings (SSSR count). The van der Waals surface area contributed by atoms with E-state index in [0.717, 1.165) is 0 Å². The van der Waals surface area contributed by atoms with Gasteiger partial charge in [-0.3, -0.25) is 14.9 Å². The van der Waals surface area contributed by atoms with E-state index in [1.807, 2.05) is 6.92 Å². The van der Waals surface area contributed by atoms with Crippen LogP contribution in [0.5, 0.6) is 0 Å². The second kappa shape index (κ2) is 4.79. The van der Waals surface area contributed by atoms with Crippen molar-refractivity contribution in [2.45, 2.75) is 27.2 Å². The molecule has 5 heteroatoms. The maximum atomic E-state index is 11.2. The Morgan fingerprint density at radius 3 is 2.46 bits per heavy atom. The van der Waals surface area contributed by atoms with Gasteiger partial charge in [0.05, 0.1) is 5.41 Å². The first-order chi connectivity index (χ1) is 5.90. The van der Waals surface area contributed by atoms with Crippen LogP contribution >= 0.6 is 0 Å². The monoisotopic (exact) mass is 189 g/mol. The van der Waals surface area contributed by atoms with E-state index in [1.54, 1.807) is 13.8 Å². The SMILES string of the molecule is CCC(C)(C)C(=O)OCC[N+](=O)[O-]. The van der Waals surface area contributed by atoms with Crippen molar-refractivity contribution in [2.24, 2.45) is 5.41 Å².